The van der Waals surface area contributed by atoms with Gasteiger partial charge in [0.15, 0.2) is 0 Å². The highest BCUT2D eigenvalue weighted by Crippen LogP contribution is 2.12. The summed E-state index contributed by atoms with van der Waals surface area (Å²) in [5.41, 5.74) is 5.43. The highest BCUT2D eigenvalue weighted by Gasteiger charge is 2.18. The number of ether oxygens (including phenoxy) is 2. The Balaban J connectivity index is 1.95. The molecule has 1 rings (SSSR count). The Hall–Kier alpha value is -0.160. The third-order valence-corrected chi connectivity index (χ3v) is 3.20. The molecule has 0 spiro atoms. The molecule has 1 saturated heterocycles. The van der Waals surface area contributed by atoms with Crippen LogP contribution in [0, 0.1) is 0 Å². The average Bonchev–Trinajstić information content (AvgIpc) is 2.37. The molecule has 0 aliphatic carbocycles. The highest BCUT2D eigenvalue weighted by atomic mass is 16.5. The van der Waals surface area contributed by atoms with Gasteiger partial charge in [-0.3, -0.25) is 0 Å². The molecule has 2 N–H and O–H groups in total. The van der Waals surface area contributed by atoms with E-state index in [1.807, 2.05) is 0 Å². The number of rotatable bonds is 9. The Morgan fingerprint density at radius 1 is 1.18 bits per heavy atom. The predicted molar refractivity (Wildman–Crippen MR) is 70.2 cm³/mol. The number of hydrogen-bond acceptors (Lipinski definition) is 4. The van der Waals surface area contributed by atoms with E-state index in [2.05, 4.69) is 11.8 Å². The molecular weight excluding hydrogens is 216 g/mol. The van der Waals surface area contributed by atoms with Gasteiger partial charge in [-0.1, -0.05) is 13.3 Å². The van der Waals surface area contributed by atoms with Crippen LogP contribution < -0.4 is 5.73 Å². The number of nitrogens with two attached hydrogens (primary N) is 1. The number of nitrogens with zero attached hydrogens (tertiary/aromatic N) is 1. The van der Waals surface area contributed by atoms with Gasteiger partial charge >= 0.3 is 0 Å². The van der Waals surface area contributed by atoms with E-state index in [4.69, 9.17) is 15.2 Å². The number of likely N-dealkylation sites (tertiary alicyclic amines) is 1. The normalized spacial score (nSPS) is 18.7. The minimum Gasteiger partial charge on any atom is -0.380 e. The Bertz CT molecular complexity index is 168. The second-order valence-electron chi connectivity index (χ2n) is 4.67. The van der Waals surface area contributed by atoms with E-state index in [0.29, 0.717) is 19.3 Å². The number of hydrogen-bond donors (Lipinski definition) is 1. The minimum absolute atomic E-state index is 0.427. The van der Waals surface area contributed by atoms with E-state index in [9.17, 15) is 0 Å². The van der Waals surface area contributed by atoms with Crippen molar-refractivity contribution in [1.29, 1.82) is 0 Å². The van der Waals surface area contributed by atoms with Crippen molar-refractivity contribution in [3.05, 3.63) is 0 Å². The van der Waals surface area contributed by atoms with Gasteiger partial charge < -0.3 is 20.1 Å². The van der Waals surface area contributed by atoms with Crippen LogP contribution in [0.1, 0.15) is 32.6 Å². The van der Waals surface area contributed by atoms with E-state index in [1.54, 1.807) is 0 Å². The van der Waals surface area contributed by atoms with Crippen molar-refractivity contribution in [2.75, 3.05) is 46.0 Å². The van der Waals surface area contributed by atoms with Crippen LogP contribution in [0.3, 0.4) is 0 Å². The maximum absolute atomic E-state index is 5.66. The van der Waals surface area contributed by atoms with Gasteiger partial charge in [-0.15, -0.1) is 0 Å². The Labute approximate surface area is 105 Å². The van der Waals surface area contributed by atoms with Crippen molar-refractivity contribution >= 4 is 0 Å². The van der Waals surface area contributed by atoms with Gasteiger partial charge in [-0.25, -0.2) is 0 Å². The summed E-state index contributed by atoms with van der Waals surface area (Å²) in [7, 11) is 0. The van der Waals surface area contributed by atoms with Crippen LogP contribution in [-0.2, 0) is 9.47 Å². The monoisotopic (exact) mass is 244 g/mol. The molecule has 0 saturated carbocycles. The van der Waals surface area contributed by atoms with Gasteiger partial charge in [-0.05, 0) is 19.3 Å². The third-order valence-electron chi connectivity index (χ3n) is 3.20. The van der Waals surface area contributed by atoms with Crippen LogP contribution in [0.15, 0.2) is 0 Å². The molecule has 0 aromatic carbocycles. The first-order chi connectivity index (χ1) is 8.36. The fourth-order valence-corrected chi connectivity index (χ4v) is 2.08. The second-order valence-corrected chi connectivity index (χ2v) is 4.67. The molecule has 1 heterocycles. The molecular formula is C13H28N2O2. The minimum atomic E-state index is 0.427. The molecule has 4 nitrogen and oxygen atoms in total. The summed E-state index contributed by atoms with van der Waals surface area (Å²) < 4.78 is 11.2. The molecule has 0 unspecified atom stereocenters. The molecule has 0 aromatic rings. The first-order valence-corrected chi connectivity index (χ1v) is 6.98. The molecule has 1 fully saturated rings. The summed E-state index contributed by atoms with van der Waals surface area (Å²) in [6.45, 7) is 8.62. The highest BCUT2D eigenvalue weighted by molar-refractivity contribution is 4.72. The molecule has 0 atom stereocenters. The van der Waals surface area contributed by atoms with Gasteiger partial charge in [0.05, 0.1) is 19.3 Å². The molecule has 1 aliphatic rings. The molecule has 0 aromatic heterocycles. The zero-order valence-electron chi connectivity index (χ0n) is 11.2. The van der Waals surface area contributed by atoms with Gasteiger partial charge in [0, 0.05) is 32.8 Å². The Morgan fingerprint density at radius 3 is 2.59 bits per heavy atom. The van der Waals surface area contributed by atoms with E-state index < -0.39 is 0 Å². The molecule has 4 heteroatoms. The zero-order chi connectivity index (χ0) is 12.3. The van der Waals surface area contributed by atoms with Crippen LogP contribution in [0.4, 0.5) is 0 Å². The fraction of sp³-hybridized carbons (Fsp3) is 1.00. The topological polar surface area (TPSA) is 47.7 Å². The SMILES string of the molecule is CCCCOCCN1CCC(OCCN)CC1. The maximum atomic E-state index is 5.66. The second kappa shape index (κ2) is 9.83. The van der Waals surface area contributed by atoms with Crippen LogP contribution >= 0.6 is 0 Å². The van der Waals surface area contributed by atoms with E-state index in [0.717, 1.165) is 45.7 Å². The van der Waals surface area contributed by atoms with Crippen LogP contribution in [0.25, 0.3) is 0 Å². The first-order valence-electron chi connectivity index (χ1n) is 6.98. The molecule has 0 amide bonds. The van der Waals surface area contributed by atoms with Gasteiger partial charge in [0.25, 0.3) is 0 Å². The summed E-state index contributed by atoms with van der Waals surface area (Å²) in [5.74, 6) is 0. The smallest absolute Gasteiger partial charge is 0.0600 e. The molecule has 0 radical (unpaired) electrons. The zero-order valence-corrected chi connectivity index (χ0v) is 11.2. The van der Waals surface area contributed by atoms with Crippen LogP contribution in [-0.4, -0.2) is 57.0 Å². The lowest BCUT2D eigenvalue weighted by molar-refractivity contribution is 0.00435. The van der Waals surface area contributed by atoms with Crippen molar-refractivity contribution in [1.82, 2.24) is 4.90 Å². The Kier molecular flexibility index (Phi) is 8.61. The Morgan fingerprint density at radius 2 is 1.94 bits per heavy atom. The maximum Gasteiger partial charge on any atom is 0.0600 e. The quantitative estimate of drug-likeness (QED) is 0.620. The summed E-state index contributed by atoms with van der Waals surface area (Å²) in [5, 5.41) is 0. The van der Waals surface area contributed by atoms with Crippen molar-refractivity contribution in [3.63, 3.8) is 0 Å². The first kappa shape index (κ1) is 14.9. The van der Waals surface area contributed by atoms with E-state index in [1.165, 1.54) is 12.8 Å². The predicted octanol–water partition coefficient (Wildman–Crippen LogP) is 1.24. The van der Waals surface area contributed by atoms with Crippen molar-refractivity contribution in [2.24, 2.45) is 5.73 Å². The summed E-state index contributed by atoms with van der Waals surface area (Å²) >= 11 is 0. The van der Waals surface area contributed by atoms with Crippen molar-refractivity contribution < 1.29 is 9.47 Å². The lowest BCUT2D eigenvalue weighted by Crippen LogP contribution is -2.39. The largest absolute Gasteiger partial charge is 0.380 e. The summed E-state index contributed by atoms with van der Waals surface area (Å²) in [6.07, 6.45) is 5.08. The fourth-order valence-electron chi connectivity index (χ4n) is 2.08. The molecule has 1 aliphatic heterocycles. The standard InChI is InChI=1S/C13H28N2O2/c1-2-3-10-16-12-9-15-7-4-13(5-8-15)17-11-6-14/h13H,2-12,14H2,1H3. The van der Waals surface area contributed by atoms with E-state index in [-0.39, 0.29) is 0 Å². The van der Waals surface area contributed by atoms with Crippen molar-refractivity contribution in [2.45, 2.75) is 38.7 Å². The van der Waals surface area contributed by atoms with Crippen LogP contribution in [0.2, 0.25) is 0 Å². The molecule has 0 bridgehead atoms. The van der Waals surface area contributed by atoms with Crippen molar-refractivity contribution in [3.8, 4) is 0 Å². The lowest BCUT2D eigenvalue weighted by atomic mass is 10.1. The van der Waals surface area contributed by atoms with E-state index >= 15 is 0 Å². The third kappa shape index (κ3) is 6.99. The van der Waals surface area contributed by atoms with Crippen LogP contribution in [0.5, 0.6) is 0 Å². The molecule has 17 heavy (non-hydrogen) atoms. The molecule has 102 valence electrons. The summed E-state index contributed by atoms with van der Waals surface area (Å²) in [6, 6.07) is 0. The summed E-state index contributed by atoms with van der Waals surface area (Å²) in [4.78, 5) is 2.47. The average molecular weight is 244 g/mol. The van der Waals surface area contributed by atoms with Gasteiger partial charge in [0.2, 0.25) is 0 Å². The van der Waals surface area contributed by atoms with Gasteiger partial charge in [-0.2, -0.15) is 0 Å². The number of piperidine rings is 1. The van der Waals surface area contributed by atoms with Gasteiger partial charge in [0.1, 0.15) is 0 Å². The number of unbranched alkanes of at least 4 members (excludes halogenated alkanes) is 1. The lowest BCUT2D eigenvalue weighted by Gasteiger charge is -2.31.